The lowest BCUT2D eigenvalue weighted by Crippen LogP contribution is -2.40. The van der Waals surface area contributed by atoms with Crippen LogP contribution in [0, 0.1) is 23.7 Å². The number of piperidine rings is 1. The lowest BCUT2D eigenvalue weighted by atomic mass is 9.80. The molecule has 0 unspecified atom stereocenters. The van der Waals surface area contributed by atoms with Gasteiger partial charge in [-0.25, -0.2) is 4.79 Å². The third-order valence-corrected chi connectivity index (χ3v) is 9.83. The summed E-state index contributed by atoms with van der Waals surface area (Å²) >= 11 is 8.18. The number of nitriles is 1. The summed E-state index contributed by atoms with van der Waals surface area (Å²) in [5, 5.41) is 15.2. The molecule has 2 aliphatic rings. The minimum Gasteiger partial charge on any atom is -0.345 e. The Bertz CT molecular complexity index is 1980. The predicted molar refractivity (Wildman–Crippen MR) is 163 cm³/mol. The van der Waals surface area contributed by atoms with E-state index >= 15 is 0 Å². The Hall–Kier alpha value is -3.71. The van der Waals surface area contributed by atoms with Crippen molar-refractivity contribution >= 4 is 44.1 Å². The first-order valence-electron chi connectivity index (χ1n) is 14.0. The summed E-state index contributed by atoms with van der Waals surface area (Å²) in [6.07, 6.45) is 9.09. The summed E-state index contributed by atoms with van der Waals surface area (Å²) in [6, 6.07) is 12.8. The summed E-state index contributed by atoms with van der Waals surface area (Å²) in [7, 11) is 0. The number of halogens is 1. The van der Waals surface area contributed by atoms with Crippen molar-refractivity contribution in [2.24, 2.45) is 5.41 Å². The molecule has 4 aromatic heterocycles. The van der Waals surface area contributed by atoms with Gasteiger partial charge in [-0.05, 0) is 76.0 Å². The highest BCUT2D eigenvalue weighted by Gasteiger charge is 2.33. The number of nitrogens with one attached hydrogen (secondary N) is 1. The Morgan fingerprint density at radius 2 is 1.98 bits per heavy atom. The van der Waals surface area contributed by atoms with Crippen molar-refractivity contribution in [1.29, 1.82) is 5.26 Å². The van der Waals surface area contributed by atoms with Gasteiger partial charge < -0.3 is 9.88 Å². The average molecular weight is 585 g/mol. The number of fused-ring (bicyclic) bond motifs is 2. The number of hydrogen-bond acceptors (Lipinski definition) is 6. The summed E-state index contributed by atoms with van der Waals surface area (Å²) in [4.78, 5) is 31.7. The first-order chi connectivity index (χ1) is 19.9. The van der Waals surface area contributed by atoms with Gasteiger partial charge in [0.2, 0.25) is 0 Å². The van der Waals surface area contributed by atoms with Crippen LogP contribution in [-0.2, 0) is 13.1 Å². The van der Waals surface area contributed by atoms with Crippen molar-refractivity contribution in [1.82, 2.24) is 24.0 Å². The van der Waals surface area contributed by atoms with E-state index < -0.39 is 5.41 Å². The van der Waals surface area contributed by atoms with Crippen molar-refractivity contribution in [3.05, 3.63) is 85.2 Å². The molecule has 0 spiro atoms. The fourth-order valence-corrected chi connectivity index (χ4v) is 7.49. The van der Waals surface area contributed by atoms with Gasteiger partial charge >= 0.3 is 5.69 Å². The van der Waals surface area contributed by atoms with Crippen LogP contribution in [0.4, 0.5) is 0 Å². The number of thiophene rings is 1. The SMILES string of the molecule is Cc1cn(C2CC2)c(=O)n(Cc2cc3nccc(-c4cc(Cl)cc5ccn(CC6(C#N)CCNCC6)c45)c3s2)c1=O. The minimum atomic E-state index is -0.424. The molecule has 1 saturated heterocycles. The molecule has 8 nitrogen and oxygen atoms in total. The number of pyridine rings is 1. The molecule has 0 bridgehead atoms. The summed E-state index contributed by atoms with van der Waals surface area (Å²) in [5.41, 5.74) is 3.44. The Morgan fingerprint density at radius 1 is 1.17 bits per heavy atom. The fraction of sp³-hybridized carbons (Fsp3) is 0.355. The van der Waals surface area contributed by atoms with E-state index in [0.717, 1.165) is 75.9 Å². The molecule has 2 fully saturated rings. The smallest absolute Gasteiger partial charge is 0.331 e. The highest BCUT2D eigenvalue weighted by atomic mass is 35.5. The van der Waals surface area contributed by atoms with Crippen LogP contribution in [0.5, 0.6) is 0 Å². The van der Waals surface area contributed by atoms with Crippen LogP contribution in [0.2, 0.25) is 5.02 Å². The first kappa shape index (κ1) is 26.2. The maximum Gasteiger partial charge on any atom is 0.331 e. The lowest BCUT2D eigenvalue weighted by Gasteiger charge is -2.32. The van der Waals surface area contributed by atoms with Crippen molar-refractivity contribution in [3.8, 4) is 17.2 Å². The molecule has 1 saturated carbocycles. The van der Waals surface area contributed by atoms with E-state index in [9.17, 15) is 14.9 Å². The van der Waals surface area contributed by atoms with Gasteiger partial charge in [0.1, 0.15) is 0 Å². The largest absolute Gasteiger partial charge is 0.345 e. The molecule has 10 heteroatoms. The summed E-state index contributed by atoms with van der Waals surface area (Å²) < 4.78 is 6.23. The Balaban J connectivity index is 1.34. The maximum atomic E-state index is 13.2. The highest BCUT2D eigenvalue weighted by Crippen LogP contribution is 2.41. The van der Waals surface area contributed by atoms with Crippen LogP contribution in [0.1, 0.15) is 42.2 Å². The zero-order chi connectivity index (χ0) is 28.3. The molecule has 1 aliphatic carbocycles. The van der Waals surface area contributed by atoms with Gasteiger partial charge in [0.15, 0.2) is 0 Å². The zero-order valence-electron chi connectivity index (χ0n) is 22.7. The Morgan fingerprint density at radius 3 is 2.73 bits per heavy atom. The molecule has 1 N–H and O–H groups in total. The number of aryl methyl sites for hydroxylation is 1. The fourth-order valence-electron chi connectivity index (χ4n) is 6.13. The average Bonchev–Trinajstić information content (AvgIpc) is 3.62. The summed E-state index contributed by atoms with van der Waals surface area (Å²) in [5.74, 6) is 0. The maximum absolute atomic E-state index is 13.2. The van der Waals surface area contributed by atoms with Gasteiger partial charge in [-0.1, -0.05) is 11.6 Å². The van der Waals surface area contributed by atoms with Crippen LogP contribution < -0.4 is 16.6 Å². The molecule has 0 atom stereocenters. The lowest BCUT2D eigenvalue weighted by molar-refractivity contribution is 0.247. The minimum absolute atomic E-state index is 0.190. The van der Waals surface area contributed by atoms with Crippen molar-refractivity contribution < 1.29 is 0 Å². The van der Waals surface area contributed by atoms with E-state index in [1.807, 2.05) is 24.3 Å². The molecule has 1 aromatic carbocycles. The highest BCUT2D eigenvalue weighted by molar-refractivity contribution is 7.19. The zero-order valence-corrected chi connectivity index (χ0v) is 24.3. The van der Waals surface area contributed by atoms with E-state index in [0.29, 0.717) is 17.1 Å². The molecule has 1 aliphatic heterocycles. The van der Waals surface area contributed by atoms with Crippen molar-refractivity contribution in [2.75, 3.05) is 13.1 Å². The third kappa shape index (κ3) is 4.60. The van der Waals surface area contributed by atoms with Gasteiger partial charge in [-0.15, -0.1) is 11.3 Å². The molecule has 5 heterocycles. The number of benzene rings is 1. The third-order valence-electron chi connectivity index (χ3n) is 8.47. The van der Waals surface area contributed by atoms with Crippen LogP contribution in [0.25, 0.3) is 32.2 Å². The van der Waals surface area contributed by atoms with Gasteiger partial charge in [-0.3, -0.25) is 18.9 Å². The predicted octanol–water partition coefficient (Wildman–Crippen LogP) is 5.48. The molecule has 0 radical (unpaired) electrons. The number of rotatable bonds is 6. The molecule has 5 aromatic rings. The van der Waals surface area contributed by atoms with E-state index in [2.05, 4.69) is 33.2 Å². The van der Waals surface area contributed by atoms with Gasteiger partial charge in [0.05, 0.1) is 33.8 Å². The van der Waals surface area contributed by atoms with E-state index in [4.69, 9.17) is 11.6 Å². The standard InChI is InChI=1S/C31H29ClN6O2S/c1-19-15-37(22-2-3-22)30(40)38(29(19)39)16-23-14-26-28(41-23)24(4-8-35-26)25-13-21(32)12-20-5-11-36(27(20)25)18-31(17-33)6-9-34-10-7-31/h4-5,8,11-15,22,34H,2-3,6-7,9-10,16,18H2,1H3. The van der Waals surface area contributed by atoms with E-state index in [-0.39, 0.29) is 23.8 Å². The summed E-state index contributed by atoms with van der Waals surface area (Å²) in [6.45, 7) is 4.25. The second kappa shape index (κ2) is 9.98. The van der Waals surface area contributed by atoms with Crippen LogP contribution in [0.15, 0.2) is 58.5 Å². The second-order valence-electron chi connectivity index (χ2n) is 11.4. The molecule has 7 rings (SSSR count). The first-order valence-corrected chi connectivity index (χ1v) is 15.2. The Kier molecular flexibility index (Phi) is 6.38. The van der Waals surface area contributed by atoms with Gasteiger partial charge in [0, 0.05) is 63.2 Å². The quantitative estimate of drug-likeness (QED) is 0.285. The second-order valence-corrected chi connectivity index (χ2v) is 13.0. The Labute approximate surface area is 245 Å². The van der Waals surface area contributed by atoms with E-state index in [1.54, 1.807) is 35.2 Å². The molecule has 208 valence electrons. The van der Waals surface area contributed by atoms with Gasteiger partial charge in [0.25, 0.3) is 5.56 Å². The number of hydrogen-bond donors (Lipinski definition) is 1. The topological polar surface area (TPSA) is 97.6 Å². The molecule has 41 heavy (non-hydrogen) atoms. The molecular weight excluding hydrogens is 556 g/mol. The van der Waals surface area contributed by atoms with Crippen molar-refractivity contribution in [2.45, 2.75) is 51.7 Å². The van der Waals surface area contributed by atoms with Crippen LogP contribution in [-0.4, -0.2) is 31.8 Å². The monoisotopic (exact) mass is 584 g/mol. The van der Waals surface area contributed by atoms with Crippen LogP contribution >= 0.6 is 22.9 Å². The number of nitrogens with zero attached hydrogens (tertiary/aromatic N) is 5. The molecule has 0 amide bonds. The van der Waals surface area contributed by atoms with Gasteiger partial charge in [-0.2, -0.15) is 5.26 Å². The van der Waals surface area contributed by atoms with E-state index in [1.165, 1.54) is 4.57 Å². The van der Waals surface area contributed by atoms with Crippen LogP contribution in [0.3, 0.4) is 0 Å². The normalized spacial score (nSPS) is 16.8. The van der Waals surface area contributed by atoms with Crippen molar-refractivity contribution in [3.63, 3.8) is 0 Å². The number of aromatic nitrogens is 4. The molecular formula is C31H29ClN6O2S.